The van der Waals surface area contributed by atoms with E-state index in [1.807, 2.05) is 32.0 Å². The molecule has 32 heavy (non-hydrogen) atoms. The molecular formula is C26H24N2O4. The topological polar surface area (TPSA) is 73.5 Å². The molecule has 4 aromatic rings. The highest BCUT2D eigenvalue weighted by Gasteiger charge is 2.19. The van der Waals surface area contributed by atoms with Crippen LogP contribution in [0, 0.1) is 20.8 Å². The van der Waals surface area contributed by atoms with E-state index in [9.17, 15) is 9.59 Å². The van der Waals surface area contributed by atoms with Crippen LogP contribution in [0.4, 0.5) is 5.69 Å². The van der Waals surface area contributed by atoms with Crippen molar-refractivity contribution in [3.8, 4) is 22.6 Å². The zero-order valence-electron chi connectivity index (χ0n) is 18.5. The van der Waals surface area contributed by atoms with Gasteiger partial charge in [0, 0.05) is 30.1 Å². The Hall–Kier alpha value is -4.06. The van der Waals surface area contributed by atoms with Crippen molar-refractivity contribution in [3.05, 3.63) is 88.6 Å². The van der Waals surface area contributed by atoms with Crippen molar-refractivity contribution in [2.45, 2.75) is 20.8 Å². The fourth-order valence-electron chi connectivity index (χ4n) is 3.74. The molecule has 0 spiro atoms. The van der Waals surface area contributed by atoms with Crippen LogP contribution in [0.3, 0.4) is 0 Å². The molecular weight excluding hydrogens is 404 g/mol. The SMILES string of the molecule is C=CC(=O)Nc1ccc(Oc2c(C)cccc2C)c(-c2cn(C)c(=O)c3cc(C)oc23)c1. The summed E-state index contributed by atoms with van der Waals surface area (Å²) in [5, 5.41) is 3.27. The van der Waals surface area contributed by atoms with Crippen LogP contribution in [-0.4, -0.2) is 10.5 Å². The van der Waals surface area contributed by atoms with Crippen LogP contribution in [0.25, 0.3) is 22.1 Å². The van der Waals surface area contributed by atoms with E-state index in [0.29, 0.717) is 39.3 Å². The lowest BCUT2D eigenvalue weighted by Crippen LogP contribution is -2.15. The minimum absolute atomic E-state index is 0.145. The van der Waals surface area contributed by atoms with Crippen molar-refractivity contribution in [1.82, 2.24) is 4.57 Å². The van der Waals surface area contributed by atoms with Gasteiger partial charge in [-0.1, -0.05) is 24.8 Å². The maximum Gasteiger partial charge on any atom is 0.261 e. The van der Waals surface area contributed by atoms with Crippen LogP contribution < -0.4 is 15.6 Å². The molecule has 1 amide bonds. The number of amides is 1. The predicted molar refractivity (Wildman–Crippen MR) is 126 cm³/mol. The normalized spacial score (nSPS) is 10.9. The molecule has 0 aliphatic rings. The Morgan fingerprint density at radius 1 is 1.09 bits per heavy atom. The summed E-state index contributed by atoms with van der Waals surface area (Å²) in [5.74, 6) is 1.65. The van der Waals surface area contributed by atoms with Crippen molar-refractivity contribution in [2.75, 3.05) is 5.32 Å². The Labute approximate surface area is 185 Å². The number of ether oxygens (including phenoxy) is 1. The summed E-state index contributed by atoms with van der Waals surface area (Å²) >= 11 is 0. The summed E-state index contributed by atoms with van der Waals surface area (Å²) in [7, 11) is 1.70. The number of rotatable bonds is 5. The van der Waals surface area contributed by atoms with Gasteiger partial charge in [-0.05, 0) is 62.2 Å². The highest BCUT2D eigenvalue weighted by atomic mass is 16.5. The average Bonchev–Trinajstić information content (AvgIpc) is 3.16. The Kier molecular flexibility index (Phi) is 5.45. The molecule has 0 unspecified atom stereocenters. The Bertz CT molecular complexity index is 1410. The zero-order chi connectivity index (χ0) is 23.0. The van der Waals surface area contributed by atoms with Gasteiger partial charge >= 0.3 is 0 Å². The highest BCUT2D eigenvalue weighted by Crippen LogP contribution is 2.40. The van der Waals surface area contributed by atoms with E-state index in [4.69, 9.17) is 9.15 Å². The van der Waals surface area contributed by atoms with Crippen molar-refractivity contribution >= 4 is 22.6 Å². The number of nitrogens with one attached hydrogen (secondary N) is 1. The lowest BCUT2D eigenvalue weighted by atomic mass is 10.0. The molecule has 6 heteroatoms. The minimum Gasteiger partial charge on any atom is -0.460 e. The molecule has 0 saturated carbocycles. The summed E-state index contributed by atoms with van der Waals surface area (Å²) in [6.45, 7) is 9.28. The summed E-state index contributed by atoms with van der Waals surface area (Å²) in [5.41, 5.74) is 4.27. The summed E-state index contributed by atoms with van der Waals surface area (Å²) in [4.78, 5) is 24.5. The number of hydrogen-bond acceptors (Lipinski definition) is 4. The first-order valence-corrected chi connectivity index (χ1v) is 10.2. The number of aryl methyl sites for hydroxylation is 4. The number of nitrogens with zero attached hydrogens (tertiary/aromatic N) is 1. The predicted octanol–water partition coefficient (Wildman–Crippen LogP) is 5.64. The summed E-state index contributed by atoms with van der Waals surface area (Å²) < 4.78 is 13.8. The van der Waals surface area contributed by atoms with Gasteiger partial charge < -0.3 is 19.0 Å². The van der Waals surface area contributed by atoms with E-state index in [-0.39, 0.29) is 11.5 Å². The van der Waals surface area contributed by atoms with Gasteiger partial charge in [-0.25, -0.2) is 0 Å². The van der Waals surface area contributed by atoms with Gasteiger partial charge in [-0.3, -0.25) is 9.59 Å². The van der Waals surface area contributed by atoms with Gasteiger partial charge in [0.1, 0.15) is 22.8 Å². The van der Waals surface area contributed by atoms with Crippen LogP contribution in [0.15, 0.2) is 70.5 Å². The fraction of sp³-hybridized carbons (Fsp3) is 0.154. The number of carbonyl (C=O) groups is 1. The number of para-hydroxylation sites is 1. The number of pyridine rings is 1. The van der Waals surface area contributed by atoms with E-state index in [2.05, 4.69) is 11.9 Å². The molecule has 0 aliphatic carbocycles. The third-order valence-corrected chi connectivity index (χ3v) is 5.32. The number of anilines is 1. The molecule has 0 saturated heterocycles. The quantitative estimate of drug-likeness (QED) is 0.418. The van der Waals surface area contributed by atoms with Gasteiger partial charge in [0.05, 0.1) is 5.39 Å². The molecule has 162 valence electrons. The van der Waals surface area contributed by atoms with Gasteiger partial charge in [0.25, 0.3) is 5.56 Å². The van der Waals surface area contributed by atoms with Crippen molar-refractivity contribution in [3.63, 3.8) is 0 Å². The second-order valence-corrected chi connectivity index (χ2v) is 7.79. The van der Waals surface area contributed by atoms with Crippen molar-refractivity contribution in [2.24, 2.45) is 7.05 Å². The van der Waals surface area contributed by atoms with Crippen molar-refractivity contribution in [1.29, 1.82) is 0 Å². The van der Waals surface area contributed by atoms with Crippen LogP contribution in [0.1, 0.15) is 16.9 Å². The summed E-state index contributed by atoms with van der Waals surface area (Å²) in [6, 6.07) is 13.1. The number of aromatic nitrogens is 1. The van der Waals surface area contributed by atoms with Gasteiger partial charge in [0.2, 0.25) is 5.91 Å². The second kappa shape index (κ2) is 8.23. The maximum absolute atomic E-state index is 12.6. The molecule has 0 atom stereocenters. The van der Waals surface area contributed by atoms with E-state index in [0.717, 1.165) is 16.9 Å². The molecule has 0 radical (unpaired) electrons. The van der Waals surface area contributed by atoms with E-state index < -0.39 is 0 Å². The number of furan rings is 1. The Morgan fingerprint density at radius 2 is 1.81 bits per heavy atom. The monoisotopic (exact) mass is 428 g/mol. The van der Waals surface area contributed by atoms with Crippen LogP contribution in [-0.2, 0) is 11.8 Å². The molecule has 2 heterocycles. The van der Waals surface area contributed by atoms with Gasteiger partial charge in [-0.2, -0.15) is 0 Å². The standard InChI is InChI=1S/C26H24N2O4/c1-6-23(29)27-18-10-11-22(32-24-15(2)8-7-9-16(24)3)19(13-18)21-14-28(5)26(30)20-12-17(4)31-25(20)21/h6-14H,1H2,2-5H3,(H,27,29). The third-order valence-electron chi connectivity index (χ3n) is 5.32. The van der Waals surface area contributed by atoms with E-state index >= 15 is 0 Å². The zero-order valence-corrected chi connectivity index (χ0v) is 18.5. The molecule has 1 N–H and O–H groups in total. The molecule has 0 bridgehead atoms. The molecule has 2 aromatic carbocycles. The summed E-state index contributed by atoms with van der Waals surface area (Å²) in [6.07, 6.45) is 2.93. The number of hydrogen-bond donors (Lipinski definition) is 1. The number of fused-ring (bicyclic) bond motifs is 1. The third kappa shape index (κ3) is 3.83. The lowest BCUT2D eigenvalue weighted by molar-refractivity contribution is -0.111. The first-order valence-electron chi connectivity index (χ1n) is 10.2. The number of benzene rings is 2. The minimum atomic E-state index is -0.321. The molecule has 0 aliphatic heterocycles. The second-order valence-electron chi connectivity index (χ2n) is 7.79. The van der Waals surface area contributed by atoms with Crippen LogP contribution in [0.5, 0.6) is 11.5 Å². The largest absolute Gasteiger partial charge is 0.460 e. The van der Waals surface area contributed by atoms with E-state index in [1.54, 1.807) is 44.4 Å². The van der Waals surface area contributed by atoms with Gasteiger partial charge in [-0.15, -0.1) is 0 Å². The Morgan fingerprint density at radius 3 is 2.50 bits per heavy atom. The maximum atomic E-state index is 12.6. The first kappa shape index (κ1) is 21.2. The molecule has 2 aromatic heterocycles. The first-order chi connectivity index (χ1) is 15.3. The smallest absolute Gasteiger partial charge is 0.261 e. The number of carbonyl (C=O) groups excluding carboxylic acids is 1. The van der Waals surface area contributed by atoms with Crippen LogP contribution in [0.2, 0.25) is 0 Å². The van der Waals surface area contributed by atoms with Gasteiger partial charge in [0.15, 0.2) is 0 Å². The Balaban J connectivity index is 1.97. The highest BCUT2D eigenvalue weighted by molar-refractivity contribution is 6.00. The lowest BCUT2D eigenvalue weighted by Gasteiger charge is -2.17. The fourth-order valence-corrected chi connectivity index (χ4v) is 3.74. The average molecular weight is 428 g/mol. The van der Waals surface area contributed by atoms with E-state index in [1.165, 1.54) is 10.6 Å². The molecule has 4 rings (SSSR count). The molecule has 6 nitrogen and oxygen atoms in total. The molecule has 0 fully saturated rings. The van der Waals surface area contributed by atoms with Crippen molar-refractivity contribution < 1.29 is 13.9 Å². The van der Waals surface area contributed by atoms with Crippen LogP contribution >= 0.6 is 0 Å².